The number of nitrogens with zero attached hydrogens (tertiary/aromatic N) is 1. The average Bonchev–Trinajstić information content (AvgIpc) is 3.39. The normalized spacial score (nSPS) is 16.0. The van der Waals surface area contributed by atoms with Gasteiger partial charge in [0.2, 0.25) is 5.91 Å². The van der Waals surface area contributed by atoms with Crippen LogP contribution in [-0.2, 0) is 9.53 Å². The van der Waals surface area contributed by atoms with Crippen molar-refractivity contribution in [1.29, 1.82) is 0 Å². The lowest BCUT2D eigenvalue weighted by molar-refractivity contribution is -0.127. The second-order valence-corrected chi connectivity index (χ2v) is 8.66. The van der Waals surface area contributed by atoms with Gasteiger partial charge in [-0.05, 0) is 35.7 Å². The van der Waals surface area contributed by atoms with E-state index in [1.807, 2.05) is 29.0 Å². The number of thiophene rings is 2. The number of methoxy groups -OCH3 is 1. The lowest BCUT2D eigenvalue weighted by atomic mass is 9.95. The summed E-state index contributed by atoms with van der Waals surface area (Å²) in [5.41, 5.74) is 0. The number of carbonyl (C=O) groups excluding carboxylic acids is 2. The highest BCUT2D eigenvalue weighted by atomic mass is 32.1. The largest absolute Gasteiger partial charge is 0.383 e. The van der Waals surface area contributed by atoms with E-state index in [0.29, 0.717) is 18.0 Å². The molecule has 2 heterocycles. The molecule has 5 nitrogen and oxygen atoms in total. The number of amides is 2. The topological polar surface area (TPSA) is 58.6 Å². The molecular formula is C20H26N2O3S2. The minimum absolute atomic E-state index is 0.0923. The molecule has 1 atom stereocenters. The maximum absolute atomic E-state index is 13.3. The van der Waals surface area contributed by atoms with Crippen molar-refractivity contribution in [3.63, 3.8) is 0 Å². The summed E-state index contributed by atoms with van der Waals surface area (Å²) in [5, 5.41) is 7.02. The molecule has 1 N–H and O–H groups in total. The summed E-state index contributed by atoms with van der Waals surface area (Å²) in [6.45, 7) is 0.754. The molecule has 2 aromatic heterocycles. The van der Waals surface area contributed by atoms with Crippen LogP contribution in [-0.4, -0.2) is 43.0 Å². The fraction of sp³-hybridized carbons (Fsp3) is 0.500. The Morgan fingerprint density at radius 3 is 2.56 bits per heavy atom. The van der Waals surface area contributed by atoms with Gasteiger partial charge in [0.1, 0.15) is 6.04 Å². The zero-order valence-electron chi connectivity index (χ0n) is 15.6. The van der Waals surface area contributed by atoms with Crippen LogP contribution in [0.5, 0.6) is 0 Å². The van der Waals surface area contributed by atoms with E-state index in [1.54, 1.807) is 18.1 Å². The van der Waals surface area contributed by atoms with Gasteiger partial charge >= 0.3 is 0 Å². The molecule has 2 amide bonds. The molecule has 146 valence electrons. The lowest BCUT2D eigenvalue weighted by Gasteiger charge is -2.32. The molecule has 0 saturated heterocycles. The average molecular weight is 407 g/mol. The van der Waals surface area contributed by atoms with Crippen LogP contribution in [0, 0.1) is 0 Å². The van der Waals surface area contributed by atoms with Gasteiger partial charge in [-0.15, -0.1) is 22.7 Å². The third kappa shape index (κ3) is 5.18. The fourth-order valence-electron chi connectivity index (χ4n) is 3.48. The van der Waals surface area contributed by atoms with Crippen molar-refractivity contribution in [2.45, 2.75) is 44.2 Å². The highest BCUT2D eigenvalue weighted by Gasteiger charge is 2.34. The predicted octanol–water partition coefficient (Wildman–Crippen LogP) is 4.09. The van der Waals surface area contributed by atoms with Gasteiger partial charge in [0.15, 0.2) is 0 Å². The number of carbonyl (C=O) groups is 2. The Hall–Kier alpha value is -1.70. The van der Waals surface area contributed by atoms with Crippen LogP contribution >= 0.6 is 22.7 Å². The monoisotopic (exact) mass is 406 g/mol. The summed E-state index contributed by atoms with van der Waals surface area (Å²) >= 11 is 2.90. The van der Waals surface area contributed by atoms with Crippen molar-refractivity contribution in [2.75, 3.05) is 20.3 Å². The number of hydrogen-bond donors (Lipinski definition) is 1. The van der Waals surface area contributed by atoms with Gasteiger partial charge in [-0.25, -0.2) is 0 Å². The van der Waals surface area contributed by atoms with Gasteiger partial charge in [-0.1, -0.05) is 31.4 Å². The van der Waals surface area contributed by atoms with Crippen molar-refractivity contribution in [3.8, 4) is 0 Å². The first kappa shape index (κ1) is 20.0. The molecule has 1 aliphatic rings. The zero-order valence-corrected chi connectivity index (χ0v) is 17.2. The smallest absolute Gasteiger partial charge is 0.264 e. The van der Waals surface area contributed by atoms with Crippen LogP contribution < -0.4 is 5.32 Å². The van der Waals surface area contributed by atoms with E-state index in [2.05, 4.69) is 5.32 Å². The summed E-state index contributed by atoms with van der Waals surface area (Å²) in [6, 6.07) is 7.08. The van der Waals surface area contributed by atoms with E-state index in [0.717, 1.165) is 30.6 Å². The van der Waals surface area contributed by atoms with Crippen LogP contribution in [0.4, 0.5) is 0 Å². The van der Waals surface area contributed by atoms with Crippen molar-refractivity contribution in [1.82, 2.24) is 10.2 Å². The van der Waals surface area contributed by atoms with E-state index >= 15 is 0 Å². The molecular weight excluding hydrogens is 380 g/mol. The molecule has 1 unspecified atom stereocenters. The second kappa shape index (κ2) is 10.0. The Morgan fingerprint density at radius 1 is 1.19 bits per heavy atom. The molecule has 2 aromatic rings. The SMILES string of the molecule is COCCN(C(=O)c1cccs1)C(C(=O)NC1CCCCC1)c1cccs1. The molecule has 27 heavy (non-hydrogen) atoms. The fourth-order valence-corrected chi connectivity index (χ4v) is 4.99. The van der Waals surface area contributed by atoms with Crippen LogP contribution in [0.3, 0.4) is 0 Å². The third-order valence-corrected chi connectivity index (χ3v) is 6.64. The summed E-state index contributed by atoms with van der Waals surface area (Å²) < 4.78 is 5.22. The summed E-state index contributed by atoms with van der Waals surface area (Å²) in [6.07, 6.45) is 5.56. The van der Waals surface area contributed by atoms with Crippen molar-refractivity contribution in [2.24, 2.45) is 0 Å². The quantitative estimate of drug-likeness (QED) is 0.718. The molecule has 1 aliphatic carbocycles. The first-order valence-electron chi connectivity index (χ1n) is 9.38. The van der Waals surface area contributed by atoms with Gasteiger partial charge < -0.3 is 15.0 Å². The molecule has 0 aromatic carbocycles. The van der Waals surface area contributed by atoms with E-state index in [1.165, 1.54) is 29.1 Å². The minimum Gasteiger partial charge on any atom is -0.383 e. The molecule has 1 fully saturated rings. The first-order valence-corrected chi connectivity index (χ1v) is 11.1. The van der Waals surface area contributed by atoms with Crippen LogP contribution in [0.15, 0.2) is 35.0 Å². The van der Waals surface area contributed by atoms with E-state index in [-0.39, 0.29) is 17.9 Å². The highest BCUT2D eigenvalue weighted by molar-refractivity contribution is 7.12. The summed E-state index contributed by atoms with van der Waals surface area (Å²) in [7, 11) is 1.61. The maximum atomic E-state index is 13.3. The van der Waals surface area contributed by atoms with Gasteiger partial charge in [-0.3, -0.25) is 9.59 Å². The Labute approximate surface area is 168 Å². The zero-order chi connectivity index (χ0) is 19.1. The van der Waals surface area contributed by atoms with E-state index in [4.69, 9.17) is 4.74 Å². The molecule has 3 rings (SSSR count). The Bertz CT molecular complexity index is 710. The first-order chi connectivity index (χ1) is 13.2. The standard InChI is InChI=1S/C20H26N2O3S2/c1-25-12-11-22(20(24)17-10-6-14-27-17)18(16-9-5-13-26-16)19(23)21-15-7-3-2-4-8-15/h5-6,9-10,13-15,18H,2-4,7-8,11-12H2,1H3,(H,21,23). The summed E-state index contributed by atoms with van der Waals surface area (Å²) in [5.74, 6) is -0.218. The van der Waals surface area contributed by atoms with Gasteiger partial charge in [0, 0.05) is 24.6 Å². The van der Waals surface area contributed by atoms with Crippen molar-refractivity contribution in [3.05, 3.63) is 44.8 Å². The molecule has 7 heteroatoms. The second-order valence-electron chi connectivity index (χ2n) is 6.73. The van der Waals surface area contributed by atoms with Gasteiger partial charge in [0.05, 0.1) is 11.5 Å². The van der Waals surface area contributed by atoms with Crippen molar-refractivity contribution >= 4 is 34.5 Å². The molecule has 0 spiro atoms. The van der Waals surface area contributed by atoms with Crippen LogP contribution in [0.25, 0.3) is 0 Å². The third-order valence-electron chi connectivity index (χ3n) is 4.85. The van der Waals surface area contributed by atoms with Gasteiger partial charge in [-0.2, -0.15) is 0 Å². The maximum Gasteiger partial charge on any atom is 0.264 e. The molecule has 1 saturated carbocycles. The number of rotatable bonds is 8. The Balaban J connectivity index is 1.85. The van der Waals surface area contributed by atoms with E-state index in [9.17, 15) is 9.59 Å². The summed E-state index contributed by atoms with van der Waals surface area (Å²) in [4.78, 5) is 29.6. The van der Waals surface area contributed by atoms with Gasteiger partial charge in [0.25, 0.3) is 5.91 Å². The molecule has 0 aliphatic heterocycles. The van der Waals surface area contributed by atoms with Crippen LogP contribution in [0.1, 0.15) is 52.7 Å². The number of nitrogens with one attached hydrogen (secondary N) is 1. The Kier molecular flexibility index (Phi) is 7.43. The molecule has 0 bridgehead atoms. The Morgan fingerprint density at radius 2 is 1.93 bits per heavy atom. The number of ether oxygens (including phenoxy) is 1. The molecule has 0 radical (unpaired) electrons. The van der Waals surface area contributed by atoms with Crippen molar-refractivity contribution < 1.29 is 14.3 Å². The predicted molar refractivity (Wildman–Crippen MR) is 109 cm³/mol. The highest BCUT2D eigenvalue weighted by Crippen LogP contribution is 2.29. The van der Waals surface area contributed by atoms with Crippen LogP contribution in [0.2, 0.25) is 0 Å². The lowest BCUT2D eigenvalue weighted by Crippen LogP contribution is -2.47. The number of hydrogen-bond acceptors (Lipinski definition) is 5. The van der Waals surface area contributed by atoms with E-state index < -0.39 is 6.04 Å². The minimum atomic E-state index is -0.628.